The van der Waals surface area contributed by atoms with Gasteiger partial charge in [-0.3, -0.25) is 73.4 Å². The average molecular weight is 1790 g/mol. The van der Waals surface area contributed by atoms with Crippen LogP contribution in [-0.2, 0) is 19.1 Å². The molecule has 18 heterocycles. The molecular formula is C92H91FN32O8. The van der Waals surface area contributed by atoms with E-state index in [0.717, 1.165) is 58.8 Å². The fourth-order valence-electron chi connectivity index (χ4n) is 15.8. The Balaban J connectivity index is 0.000000122. The number of aryl methyl sites for hydroxylation is 1. The predicted octanol–water partition coefficient (Wildman–Crippen LogP) is 13.3. The number of furan rings is 2. The van der Waals surface area contributed by atoms with Crippen molar-refractivity contribution in [1.29, 1.82) is 31.6 Å². The third kappa shape index (κ3) is 16.9. The first-order valence-electron chi connectivity index (χ1n) is 42.8. The van der Waals surface area contributed by atoms with Crippen LogP contribution >= 0.6 is 0 Å². The maximum atomic E-state index is 14.4. The molecule has 2 saturated carbocycles. The van der Waals surface area contributed by atoms with E-state index in [0.29, 0.717) is 112 Å². The third-order valence-electron chi connectivity index (χ3n) is 23.0. The first-order valence-corrected chi connectivity index (χ1v) is 42.8. The first-order chi connectivity index (χ1) is 63.7. The van der Waals surface area contributed by atoms with Crippen LogP contribution < -0.4 is 33.4 Å². The van der Waals surface area contributed by atoms with Crippen LogP contribution in [0.4, 0.5) is 4.39 Å². The molecule has 0 saturated heterocycles. The standard InChI is InChI=1S/2C17H18N6O.C16H17FN6O.C15H14N4O2.C14H12N4O2.C13H12N6O/c1-10(2)13-14(12-8-19-22(9-12)17(3)4-5-17)21-15-11(6-18)7-20-23(15)16(13)24;1-10(2)14-15(13-7-19-22(9-13)8-11-3-4-11)21-16-12(5-18)6-20-23(16)17(14)24;1-8(2)12-13(11-7-22(9(3)4)21-14(11)17)20-15-10(5-18)6-19-23(15)16(12)24;1-9(2)12-13(10-4-5-21-8-10)18(3)14-11(6-16)7-17-19(14)15(12)20;1-8(2)11-12(9-3-4-20-7-9)17-13-10(5-15)6-16-18(13)14(11)19;1-7(2)10-11(9-4-15-16-5-9)18-12-8(3-14)6-17-19(12)13(10)20/h7-10,20H,4-5H2,1-3H3;6-7,9-11,20H,3-4,8H2,1-2H3;6-9,19H,1-4H3;4-5,7-9H,1-3H3;3-4,6-8,16H,1-2H3;4-7,17H,1-2H3,(H,15,16). The number of nitrogens with zero attached hydrogens (tertiary/aromatic N) is 26. The Hall–Kier alpha value is -17.2. The summed E-state index contributed by atoms with van der Waals surface area (Å²) in [5.41, 5.74) is 13.7. The van der Waals surface area contributed by atoms with Crippen molar-refractivity contribution >= 4 is 33.9 Å². The summed E-state index contributed by atoms with van der Waals surface area (Å²) in [6, 6.07) is 15.8. The van der Waals surface area contributed by atoms with Crippen LogP contribution in [0.1, 0.15) is 238 Å². The van der Waals surface area contributed by atoms with E-state index in [9.17, 15) is 54.2 Å². The number of H-pyrrole nitrogens is 6. The van der Waals surface area contributed by atoms with Gasteiger partial charge in [-0.25, -0.2) is 47.5 Å². The maximum Gasteiger partial charge on any atom is 0.278 e. The Kier molecular flexibility index (Phi) is 24.9. The smallest absolute Gasteiger partial charge is 0.278 e. The molecule has 20 rings (SSSR count). The van der Waals surface area contributed by atoms with Crippen molar-refractivity contribution in [3.05, 3.63) is 253 Å². The van der Waals surface area contributed by atoms with E-state index in [1.807, 2.05) is 149 Å². The summed E-state index contributed by atoms with van der Waals surface area (Å²) in [7, 11) is 1.82. The van der Waals surface area contributed by atoms with Crippen LogP contribution in [0.5, 0.6) is 0 Å². The number of hydrogen-bond acceptors (Lipinski definition) is 24. The molecule has 0 unspecified atom stereocenters. The van der Waals surface area contributed by atoms with Crippen molar-refractivity contribution in [1.82, 2.24) is 127 Å². The zero-order valence-corrected chi connectivity index (χ0v) is 75.4. The molecule has 2 fully saturated rings. The number of halogens is 1. The lowest BCUT2D eigenvalue weighted by atomic mass is 9.99. The van der Waals surface area contributed by atoms with Crippen molar-refractivity contribution in [2.24, 2.45) is 13.0 Å². The second-order valence-corrected chi connectivity index (χ2v) is 34.6. The van der Waals surface area contributed by atoms with Crippen LogP contribution in [-0.4, -0.2) is 127 Å². The molecule has 0 radical (unpaired) electrons. The van der Waals surface area contributed by atoms with Crippen molar-refractivity contribution in [2.45, 2.75) is 183 Å². The summed E-state index contributed by atoms with van der Waals surface area (Å²) in [6.45, 7) is 30.0. The number of nitriles is 6. The molecule has 18 aromatic rings. The number of rotatable bonds is 16. The van der Waals surface area contributed by atoms with Crippen molar-refractivity contribution in [3.63, 3.8) is 0 Å². The van der Waals surface area contributed by atoms with Gasteiger partial charge in [0.2, 0.25) is 5.95 Å². The van der Waals surface area contributed by atoms with E-state index in [2.05, 4.69) is 106 Å². The predicted molar refractivity (Wildman–Crippen MR) is 485 cm³/mol. The molecule has 133 heavy (non-hydrogen) atoms. The van der Waals surface area contributed by atoms with E-state index in [-0.39, 0.29) is 103 Å². The third-order valence-corrected chi connectivity index (χ3v) is 23.0. The molecule has 674 valence electrons. The van der Waals surface area contributed by atoms with E-state index in [4.69, 9.17) is 19.4 Å². The van der Waals surface area contributed by atoms with Gasteiger partial charge >= 0.3 is 0 Å². The molecule has 2 aliphatic rings. The highest BCUT2D eigenvalue weighted by molar-refractivity contribution is 5.74. The minimum atomic E-state index is -0.684. The molecular weight excluding hydrogens is 1700 g/mol. The Morgan fingerprint density at radius 3 is 1.19 bits per heavy atom. The largest absolute Gasteiger partial charge is 0.472 e. The molecule has 41 heteroatoms. The minimum absolute atomic E-state index is 0.00518. The van der Waals surface area contributed by atoms with Gasteiger partial charge in [-0.2, -0.15) is 60.9 Å². The highest BCUT2D eigenvalue weighted by Gasteiger charge is 2.41. The van der Waals surface area contributed by atoms with Crippen LogP contribution in [0, 0.1) is 79.9 Å². The quantitative estimate of drug-likeness (QED) is 0.0523. The van der Waals surface area contributed by atoms with Crippen molar-refractivity contribution in [3.8, 4) is 104 Å². The van der Waals surface area contributed by atoms with Crippen molar-refractivity contribution < 1.29 is 13.2 Å². The van der Waals surface area contributed by atoms with Gasteiger partial charge in [0.15, 0.2) is 33.9 Å². The molecule has 0 aromatic carbocycles. The second-order valence-electron chi connectivity index (χ2n) is 34.6. The Labute approximate surface area is 754 Å². The fourth-order valence-corrected chi connectivity index (χ4v) is 15.8. The topological polar surface area (TPSA) is 541 Å². The first kappa shape index (κ1) is 90.6. The van der Waals surface area contributed by atoms with E-state index < -0.39 is 5.95 Å². The molecule has 0 atom stereocenters. The van der Waals surface area contributed by atoms with Gasteiger partial charge in [-0.1, -0.05) is 83.1 Å². The molecule has 0 aliphatic heterocycles. The maximum absolute atomic E-state index is 14.4. The van der Waals surface area contributed by atoms with Gasteiger partial charge in [0, 0.05) is 137 Å². The lowest BCUT2D eigenvalue weighted by molar-refractivity contribution is 0.473. The Bertz CT molecular complexity index is 8020. The zero-order chi connectivity index (χ0) is 95.2. The van der Waals surface area contributed by atoms with Crippen LogP contribution in [0.2, 0.25) is 0 Å². The zero-order valence-electron chi connectivity index (χ0n) is 75.4. The molecule has 0 amide bonds. The van der Waals surface area contributed by atoms with Crippen LogP contribution in [0.3, 0.4) is 0 Å². The summed E-state index contributed by atoms with van der Waals surface area (Å²) in [6.07, 6.45) is 32.0. The van der Waals surface area contributed by atoms with Gasteiger partial charge < -0.3 is 13.4 Å². The summed E-state index contributed by atoms with van der Waals surface area (Å²) in [5.74, 6) is -0.0891. The monoisotopic (exact) mass is 1790 g/mol. The van der Waals surface area contributed by atoms with Gasteiger partial charge in [-0.15, -0.1) is 5.10 Å². The highest BCUT2D eigenvalue weighted by atomic mass is 19.1. The summed E-state index contributed by atoms with van der Waals surface area (Å²) in [4.78, 5) is 99.0. The van der Waals surface area contributed by atoms with E-state index in [1.54, 1.807) is 61.9 Å². The van der Waals surface area contributed by atoms with Crippen LogP contribution in [0.15, 0.2) is 155 Å². The second kappa shape index (κ2) is 36.5. The molecule has 6 N–H and O–H groups in total. The van der Waals surface area contributed by atoms with Gasteiger partial charge in [0.25, 0.3) is 33.4 Å². The highest BCUT2D eigenvalue weighted by Crippen LogP contribution is 2.43. The minimum Gasteiger partial charge on any atom is -0.472 e. The average Bonchev–Trinajstić information content (AvgIpc) is 1.71. The van der Waals surface area contributed by atoms with Gasteiger partial charge in [0.05, 0.1) is 95.1 Å². The fraction of sp³-hybridized carbons (Fsp3) is 0.326. The number of nitrogens with one attached hydrogen (secondary N) is 6. The molecule has 40 nitrogen and oxygen atoms in total. The van der Waals surface area contributed by atoms with Crippen LogP contribution in [0.25, 0.3) is 101 Å². The Morgan fingerprint density at radius 1 is 0.444 bits per heavy atom. The molecule has 0 spiro atoms. The summed E-state index contributed by atoms with van der Waals surface area (Å²) in [5, 5.41) is 92.3. The van der Waals surface area contributed by atoms with Gasteiger partial charge in [0.1, 0.15) is 69.8 Å². The van der Waals surface area contributed by atoms with E-state index in [1.165, 1.54) is 88.1 Å². The number of hydrogen-bond donors (Lipinski definition) is 6. The van der Waals surface area contributed by atoms with Crippen molar-refractivity contribution in [2.75, 3.05) is 0 Å². The normalized spacial score (nSPS) is 12.6. The lowest BCUT2D eigenvalue weighted by Gasteiger charge is -2.16. The Morgan fingerprint density at radius 2 is 0.827 bits per heavy atom. The number of fused-ring (bicyclic) bond motifs is 6. The molecule has 0 bridgehead atoms. The summed E-state index contributed by atoms with van der Waals surface area (Å²) < 4.78 is 39.6. The summed E-state index contributed by atoms with van der Waals surface area (Å²) >= 11 is 0. The SMILES string of the molecule is CC(C)c1c(-c2ccoc2)n(C)c2c(C#N)cnn2c1=O.CC(C)c1c(-c2ccoc2)nc2c(C#N)c[nH]n2c1=O.CC(C)c1c(-c2cn(C(C)C)nc2F)nc2c(C#N)c[nH]n2c1=O.CC(C)c1c(-c2cn[nH]c2)nc2c(C#N)c[nH]n2c1=O.CC(C)c1c(-c2cnn(C3(C)CC3)c2)nc2c(C#N)c[nH]n2c1=O.CC(C)c1c(-c2cnn(CC3CC3)c2)nc2c(C#N)c[nH]n2c1=O. The molecule has 18 aromatic heterocycles. The number of aromatic amines is 6. The lowest BCUT2D eigenvalue weighted by Crippen LogP contribution is -2.25. The van der Waals surface area contributed by atoms with Gasteiger partial charge in [-0.05, 0) is 100 Å². The molecule has 2 aliphatic carbocycles. The van der Waals surface area contributed by atoms with E-state index >= 15 is 0 Å². The number of aromatic nitrogens is 26.